The molecule has 2 aliphatic rings. The number of allylic oxidation sites excluding steroid dienone is 3. The average molecular weight is 356 g/mol. The summed E-state index contributed by atoms with van der Waals surface area (Å²) in [6.45, 7) is 11.0. The van der Waals surface area contributed by atoms with Crippen LogP contribution in [0.25, 0.3) is 5.57 Å². The van der Waals surface area contributed by atoms with E-state index in [2.05, 4.69) is 11.5 Å². The summed E-state index contributed by atoms with van der Waals surface area (Å²) in [5, 5.41) is 0.524. The van der Waals surface area contributed by atoms with E-state index in [9.17, 15) is 4.79 Å². The average Bonchev–Trinajstić information content (AvgIpc) is 3.02. The largest absolute Gasteiger partial charge is 0.366 e. The van der Waals surface area contributed by atoms with E-state index in [1.54, 1.807) is 13.0 Å². The molecule has 1 saturated heterocycles. The molecule has 0 radical (unpaired) electrons. The van der Waals surface area contributed by atoms with Gasteiger partial charge in [0.1, 0.15) is 5.84 Å². The molecule has 1 aromatic carbocycles. The normalized spacial score (nSPS) is 17.8. The van der Waals surface area contributed by atoms with Crippen molar-refractivity contribution in [3.8, 4) is 0 Å². The number of hydrogen-bond donors (Lipinski definition) is 1. The number of amidine groups is 1. The summed E-state index contributed by atoms with van der Waals surface area (Å²) in [5.74, 6) is 0.603. The number of nitrogens with two attached hydrogens (primary N) is 1. The van der Waals surface area contributed by atoms with Crippen molar-refractivity contribution in [2.24, 2.45) is 10.7 Å². The van der Waals surface area contributed by atoms with Crippen LogP contribution in [0.5, 0.6) is 0 Å². The van der Waals surface area contributed by atoms with Crippen LogP contribution in [0, 0.1) is 6.92 Å². The van der Waals surface area contributed by atoms with Crippen LogP contribution in [0.2, 0.25) is 5.02 Å². The number of carbonyl (C=O) groups excluding carboxylic acids is 1. The molecule has 0 spiro atoms. The number of hydrogen-bond acceptors (Lipinski definition) is 3. The van der Waals surface area contributed by atoms with Gasteiger partial charge in [0.2, 0.25) is 5.91 Å². The molecule has 4 nitrogen and oxygen atoms in total. The first-order valence-corrected chi connectivity index (χ1v) is 8.75. The number of halogens is 1. The summed E-state index contributed by atoms with van der Waals surface area (Å²) < 4.78 is 0. The molecule has 2 aliphatic heterocycles. The second-order valence-corrected chi connectivity index (χ2v) is 6.79. The van der Waals surface area contributed by atoms with Gasteiger partial charge in [-0.3, -0.25) is 4.79 Å². The van der Waals surface area contributed by atoms with Crippen LogP contribution in [0.3, 0.4) is 0 Å². The summed E-state index contributed by atoms with van der Waals surface area (Å²) in [7, 11) is 0. The highest BCUT2D eigenvalue weighted by molar-refractivity contribution is 6.32. The van der Waals surface area contributed by atoms with Gasteiger partial charge in [-0.15, -0.1) is 0 Å². The Morgan fingerprint density at radius 2 is 2.12 bits per heavy atom. The van der Waals surface area contributed by atoms with Gasteiger partial charge in [0.15, 0.2) is 0 Å². The summed E-state index contributed by atoms with van der Waals surface area (Å²) >= 11 is 6.35. The number of primary amides is 1. The Balaban J connectivity index is 2.15. The molecule has 1 amide bonds. The van der Waals surface area contributed by atoms with Crippen LogP contribution >= 0.6 is 11.6 Å². The molecule has 1 aromatic rings. The molecule has 25 heavy (non-hydrogen) atoms. The summed E-state index contributed by atoms with van der Waals surface area (Å²) in [5.41, 5.74) is 11.3. The minimum absolute atomic E-state index is 0.437. The van der Waals surface area contributed by atoms with Gasteiger partial charge < -0.3 is 10.6 Å². The molecule has 5 heteroatoms. The van der Waals surface area contributed by atoms with Gasteiger partial charge in [-0.05, 0) is 56.0 Å². The lowest BCUT2D eigenvalue weighted by Gasteiger charge is -2.30. The zero-order valence-corrected chi connectivity index (χ0v) is 15.6. The van der Waals surface area contributed by atoms with Crippen LogP contribution in [-0.4, -0.2) is 23.2 Å². The van der Waals surface area contributed by atoms with E-state index >= 15 is 0 Å². The third-order valence-corrected chi connectivity index (χ3v) is 5.24. The van der Waals surface area contributed by atoms with Gasteiger partial charge in [-0.1, -0.05) is 24.3 Å². The minimum atomic E-state index is -0.482. The lowest BCUT2D eigenvalue weighted by atomic mass is 9.90. The van der Waals surface area contributed by atoms with Gasteiger partial charge in [0, 0.05) is 40.5 Å². The quantitative estimate of drug-likeness (QED) is 0.870. The van der Waals surface area contributed by atoms with E-state index in [-0.39, 0.29) is 0 Å². The molecule has 0 aromatic heterocycles. The highest BCUT2D eigenvalue weighted by Crippen LogP contribution is 2.39. The summed E-state index contributed by atoms with van der Waals surface area (Å²) in [6.07, 6.45) is 4.08. The highest BCUT2D eigenvalue weighted by atomic mass is 35.5. The number of fused-ring (bicyclic) bond motifs is 1. The van der Waals surface area contributed by atoms with Crippen LogP contribution < -0.4 is 5.73 Å². The maximum Gasteiger partial charge on any atom is 0.249 e. The Morgan fingerprint density at radius 3 is 2.76 bits per heavy atom. The van der Waals surface area contributed by atoms with E-state index in [4.69, 9.17) is 22.3 Å². The lowest BCUT2D eigenvalue weighted by molar-refractivity contribution is 0.0999. The van der Waals surface area contributed by atoms with Crippen molar-refractivity contribution in [1.82, 2.24) is 4.90 Å². The minimum Gasteiger partial charge on any atom is -0.366 e. The first kappa shape index (κ1) is 17.5. The Labute approximate surface area is 153 Å². The third kappa shape index (κ3) is 2.91. The molecular formula is C20H22ClN3O. The molecule has 0 atom stereocenters. The van der Waals surface area contributed by atoms with E-state index in [0.29, 0.717) is 16.1 Å². The fraction of sp³-hybridized carbons (Fsp3) is 0.300. The van der Waals surface area contributed by atoms with Crippen LogP contribution in [0.15, 0.2) is 46.7 Å². The van der Waals surface area contributed by atoms with Gasteiger partial charge in [-0.25, -0.2) is 4.99 Å². The predicted octanol–water partition coefficient (Wildman–Crippen LogP) is 4.45. The van der Waals surface area contributed by atoms with Crippen LogP contribution in [0.1, 0.15) is 48.2 Å². The fourth-order valence-corrected chi connectivity index (χ4v) is 3.77. The lowest BCUT2D eigenvalue weighted by Crippen LogP contribution is -2.28. The molecule has 0 aliphatic carbocycles. The zero-order valence-electron chi connectivity index (χ0n) is 14.8. The number of aliphatic imine (C=N–C) groups is 1. The zero-order chi connectivity index (χ0) is 18.3. The number of amides is 1. The fourth-order valence-electron chi connectivity index (χ4n) is 3.56. The standard InChI is InChI=1S/C20H22ClN3O/c1-5-15(14-9-16(20(22)25)11(2)17(21)10-14)19-12(3)23-18-7-6-8-24(18)13(19)4/h5,9-10H,4,6-8H2,1-3H3,(H2,22,25)/b15-5-. The van der Waals surface area contributed by atoms with Crippen LogP contribution in [0.4, 0.5) is 0 Å². The van der Waals surface area contributed by atoms with Gasteiger partial charge in [0.25, 0.3) is 0 Å². The number of benzene rings is 1. The van der Waals surface area contributed by atoms with E-state index in [1.807, 2.05) is 26.0 Å². The van der Waals surface area contributed by atoms with Crippen molar-refractivity contribution in [1.29, 1.82) is 0 Å². The molecule has 0 unspecified atom stereocenters. The van der Waals surface area contributed by atoms with Crippen molar-refractivity contribution >= 4 is 28.9 Å². The van der Waals surface area contributed by atoms with Crippen molar-refractivity contribution in [3.05, 3.63) is 63.5 Å². The highest BCUT2D eigenvalue weighted by Gasteiger charge is 2.29. The molecule has 1 fully saturated rings. The molecule has 130 valence electrons. The summed E-state index contributed by atoms with van der Waals surface area (Å²) in [4.78, 5) is 18.7. The van der Waals surface area contributed by atoms with Gasteiger partial charge in [0.05, 0.1) is 0 Å². The Morgan fingerprint density at radius 1 is 1.40 bits per heavy atom. The van der Waals surface area contributed by atoms with Gasteiger partial charge in [-0.2, -0.15) is 0 Å². The van der Waals surface area contributed by atoms with Crippen LogP contribution in [-0.2, 0) is 0 Å². The van der Waals surface area contributed by atoms with E-state index < -0.39 is 5.91 Å². The first-order valence-electron chi connectivity index (χ1n) is 8.37. The maximum absolute atomic E-state index is 11.8. The van der Waals surface area contributed by atoms with Crippen molar-refractivity contribution in [2.45, 2.75) is 33.6 Å². The first-order chi connectivity index (χ1) is 11.8. The second kappa shape index (κ2) is 6.52. The third-order valence-electron chi connectivity index (χ3n) is 4.85. The SMILES string of the molecule is C=C1C(/C(=C\C)c2cc(Cl)c(C)c(C(N)=O)c2)=C(C)N=C2CCCN12. The molecule has 2 N–H and O–H groups in total. The number of carbonyl (C=O) groups is 1. The number of nitrogens with zero attached hydrogens (tertiary/aromatic N) is 2. The molecule has 3 rings (SSSR count). The Hall–Kier alpha value is -2.33. The Bertz CT molecular complexity index is 877. The second-order valence-electron chi connectivity index (χ2n) is 6.39. The Kier molecular flexibility index (Phi) is 4.56. The van der Waals surface area contributed by atoms with Crippen molar-refractivity contribution in [3.63, 3.8) is 0 Å². The van der Waals surface area contributed by atoms with Crippen molar-refractivity contribution in [2.75, 3.05) is 6.54 Å². The topological polar surface area (TPSA) is 58.7 Å². The summed E-state index contributed by atoms with van der Waals surface area (Å²) in [6, 6.07) is 3.67. The van der Waals surface area contributed by atoms with E-state index in [1.165, 1.54) is 0 Å². The maximum atomic E-state index is 11.8. The number of rotatable bonds is 3. The molecule has 0 saturated carbocycles. The molecule has 2 heterocycles. The predicted molar refractivity (Wildman–Crippen MR) is 104 cm³/mol. The monoisotopic (exact) mass is 355 g/mol. The van der Waals surface area contributed by atoms with Crippen molar-refractivity contribution < 1.29 is 4.79 Å². The molecular weight excluding hydrogens is 334 g/mol. The molecule has 0 bridgehead atoms. The van der Waals surface area contributed by atoms with E-state index in [0.717, 1.165) is 53.3 Å². The smallest absolute Gasteiger partial charge is 0.249 e. The van der Waals surface area contributed by atoms with Gasteiger partial charge >= 0.3 is 0 Å².